The number of ether oxygens (including phenoxy) is 3. The molecule has 2 aromatic rings. The van der Waals surface area contributed by atoms with Gasteiger partial charge in [0.1, 0.15) is 18.0 Å². The van der Waals surface area contributed by atoms with Gasteiger partial charge in [0.05, 0.1) is 17.5 Å². The van der Waals surface area contributed by atoms with Gasteiger partial charge in [-0.25, -0.2) is 13.1 Å². The first-order chi connectivity index (χ1) is 23.1. The number of aryl methyl sites for hydroxylation is 1. The zero-order chi connectivity index (χ0) is 33.0. The summed E-state index contributed by atoms with van der Waals surface area (Å²) in [6.45, 7) is 7.47. The molecule has 2 N–H and O–H groups in total. The molecule has 10 atom stereocenters. The summed E-state index contributed by atoms with van der Waals surface area (Å²) in [5.41, 5.74) is 3.49. The van der Waals surface area contributed by atoms with E-state index in [1.807, 2.05) is 25.1 Å². The van der Waals surface area contributed by atoms with Crippen LogP contribution < -0.4 is 19.7 Å². The minimum Gasteiger partial charge on any atom is -0.490 e. The second-order valence-electron chi connectivity index (χ2n) is 15.9. The minimum absolute atomic E-state index is 0.0406. The smallest absolute Gasteiger partial charge is 0.264 e. The van der Waals surface area contributed by atoms with Crippen molar-refractivity contribution in [2.24, 2.45) is 29.1 Å². The van der Waals surface area contributed by atoms with Crippen LogP contribution in [-0.4, -0.2) is 70.9 Å². The lowest BCUT2D eigenvalue weighted by Crippen LogP contribution is -2.47. The number of nitrogens with one attached hydrogen (secondary N) is 2. The Morgan fingerprint density at radius 2 is 1.83 bits per heavy atom. The molecule has 7 aliphatic rings. The predicted octanol–water partition coefficient (Wildman–Crippen LogP) is 5.05. The summed E-state index contributed by atoms with van der Waals surface area (Å²) in [5, 5.41) is 3.45. The number of carbonyl (C=O) groups excluding carboxylic acids is 1. The topological polar surface area (TPSA) is 106 Å². The van der Waals surface area contributed by atoms with Crippen LogP contribution in [0.5, 0.6) is 5.75 Å². The fraction of sp³-hybridized carbons (Fsp3) is 0.649. The van der Waals surface area contributed by atoms with Gasteiger partial charge in [0.25, 0.3) is 5.91 Å². The van der Waals surface area contributed by atoms with Crippen molar-refractivity contribution in [1.29, 1.82) is 0 Å². The van der Waals surface area contributed by atoms with E-state index in [4.69, 9.17) is 25.8 Å². The highest BCUT2D eigenvalue weighted by atomic mass is 35.5. The van der Waals surface area contributed by atoms with Gasteiger partial charge < -0.3 is 24.4 Å². The van der Waals surface area contributed by atoms with Gasteiger partial charge in [0.2, 0.25) is 10.0 Å². The molecule has 0 radical (unpaired) electrons. The quantitative estimate of drug-likeness (QED) is 0.428. The molecule has 48 heavy (non-hydrogen) atoms. The summed E-state index contributed by atoms with van der Waals surface area (Å²) >= 11 is 6.47. The second kappa shape index (κ2) is 11.3. The first kappa shape index (κ1) is 31.6. The largest absolute Gasteiger partial charge is 0.490 e. The Morgan fingerprint density at radius 1 is 1.02 bits per heavy atom. The number of hydrogen-bond donors (Lipinski definition) is 2. The molecule has 2 saturated carbocycles. The van der Waals surface area contributed by atoms with E-state index >= 15 is 0 Å². The Hall–Kier alpha value is -2.37. The lowest BCUT2D eigenvalue weighted by molar-refractivity contribution is -0.127. The molecule has 1 spiro atoms. The molecule has 4 heterocycles. The van der Waals surface area contributed by atoms with Crippen molar-refractivity contribution in [2.45, 2.75) is 88.0 Å². The van der Waals surface area contributed by atoms with Gasteiger partial charge in [-0.3, -0.25) is 4.79 Å². The van der Waals surface area contributed by atoms with Gasteiger partial charge in [-0.15, -0.1) is 0 Å². The number of rotatable bonds is 1. The number of amides is 1. The zero-order valence-electron chi connectivity index (χ0n) is 27.8. The lowest BCUT2D eigenvalue weighted by atomic mass is 9.70. The van der Waals surface area contributed by atoms with E-state index in [1.54, 1.807) is 13.0 Å². The van der Waals surface area contributed by atoms with Crippen LogP contribution in [-0.2, 0) is 31.3 Å². The molecule has 9 rings (SSSR count). The summed E-state index contributed by atoms with van der Waals surface area (Å²) in [5.74, 6) is 1.53. The Bertz CT molecular complexity index is 1740. The SMILES string of the molecule is C[C@@H]1[C@@H](C)CCCC2([C@H]3O[C@H]4CNC[C@H]4O3)C3C[C@@H](CN4C[C@@]5(CCCc6cc(Cl)ccc65)COc5ccc(cc54)C(=O)NS1(=O)=O)[C@@H]32. The summed E-state index contributed by atoms with van der Waals surface area (Å²) in [7, 11) is -3.90. The molecule has 9 nitrogen and oxygen atoms in total. The van der Waals surface area contributed by atoms with E-state index in [9.17, 15) is 13.2 Å². The Kier molecular flexibility index (Phi) is 7.45. The monoisotopic (exact) mass is 695 g/mol. The maximum Gasteiger partial charge on any atom is 0.264 e. The van der Waals surface area contributed by atoms with Gasteiger partial charge in [0, 0.05) is 47.6 Å². The highest BCUT2D eigenvalue weighted by Crippen LogP contribution is 2.78. The van der Waals surface area contributed by atoms with Crippen LogP contribution in [0.2, 0.25) is 5.02 Å². The summed E-state index contributed by atoms with van der Waals surface area (Å²) in [6.07, 6.45) is 6.77. The summed E-state index contributed by atoms with van der Waals surface area (Å²) in [4.78, 5) is 16.0. The van der Waals surface area contributed by atoms with Crippen LogP contribution in [0.4, 0.5) is 5.69 Å². The highest BCUT2D eigenvalue weighted by Gasteiger charge is 2.78. The first-order valence-electron chi connectivity index (χ1n) is 18.0. The molecule has 4 aliphatic heterocycles. The predicted molar refractivity (Wildman–Crippen MR) is 183 cm³/mol. The van der Waals surface area contributed by atoms with E-state index in [2.05, 4.69) is 27.1 Å². The number of sulfonamides is 1. The third-order valence-electron chi connectivity index (χ3n) is 13.4. The molecule has 3 aliphatic carbocycles. The van der Waals surface area contributed by atoms with Crippen molar-refractivity contribution in [2.75, 3.05) is 37.7 Å². The summed E-state index contributed by atoms with van der Waals surface area (Å²) < 4.78 is 49.4. The van der Waals surface area contributed by atoms with Crippen molar-refractivity contribution >= 4 is 33.2 Å². The third-order valence-corrected chi connectivity index (χ3v) is 15.5. The number of halogens is 1. The molecular formula is C37H46ClN3O6S. The highest BCUT2D eigenvalue weighted by molar-refractivity contribution is 7.90. The number of fused-ring (bicyclic) bond motifs is 5. The maximum atomic E-state index is 13.5. The maximum absolute atomic E-state index is 13.5. The first-order valence-corrected chi connectivity index (χ1v) is 19.9. The molecule has 258 valence electrons. The van der Waals surface area contributed by atoms with E-state index in [1.165, 1.54) is 11.1 Å². The molecule has 2 saturated heterocycles. The van der Waals surface area contributed by atoms with Crippen LogP contribution in [0.3, 0.4) is 0 Å². The number of nitrogens with zero attached hydrogens (tertiary/aromatic N) is 1. The number of hydrogen-bond acceptors (Lipinski definition) is 8. The average Bonchev–Trinajstić information content (AvgIpc) is 3.29. The molecule has 1 amide bonds. The van der Waals surface area contributed by atoms with Gasteiger partial charge in [-0.2, -0.15) is 0 Å². The van der Waals surface area contributed by atoms with Crippen LogP contribution >= 0.6 is 11.6 Å². The Labute approximate surface area is 288 Å². The normalized spacial score (nSPS) is 41.2. The third kappa shape index (κ3) is 4.87. The fourth-order valence-corrected chi connectivity index (χ4v) is 12.1. The summed E-state index contributed by atoms with van der Waals surface area (Å²) in [6, 6.07) is 11.7. The fourth-order valence-electron chi connectivity index (χ4n) is 10.6. The lowest BCUT2D eigenvalue weighted by Gasteiger charge is -2.42. The van der Waals surface area contributed by atoms with Crippen LogP contribution in [0.1, 0.15) is 73.9 Å². The van der Waals surface area contributed by atoms with Crippen LogP contribution in [0, 0.1) is 29.1 Å². The van der Waals surface area contributed by atoms with E-state index in [0.29, 0.717) is 29.9 Å². The van der Waals surface area contributed by atoms with Gasteiger partial charge >= 0.3 is 0 Å². The second-order valence-corrected chi connectivity index (χ2v) is 18.4. The number of benzene rings is 2. The van der Waals surface area contributed by atoms with Crippen molar-refractivity contribution in [1.82, 2.24) is 10.0 Å². The van der Waals surface area contributed by atoms with Gasteiger partial charge in [-0.05, 0) is 111 Å². The molecule has 0 aromatic heterocycles. The average molecular weight is 696 g/mol. The van der Waals surface area contributed by atoms with Crippen molar-refractivity contribution < 1.29 is 27.4 Å². The van der Waals surface area contributed by atoms with Crippen molar-refractivity contribution in [3.8, 4) is 5.75 Å². The molecular weight excluding hydrogens is 650 g/mol. The minimum atomic E-state index is -3.90. The van der Waals surface area contributed by atoms with Gasteiger partial charge in [0.15, 0.2) is 6.29 Å². The van der Waals surface area contributed by atoms with Crippen molar-refractivity contribution in [3.63, 3.8) is 0 Å². The molecule has 2 bridgehead atoms. The molecule has 2 aromatic carbocycles. The zero-order valence-corrected chi connectivity index (χ0v) is 29.3. The van der Waals surface area contributed by atoms with E-state index in [-0.39, 0.29) is 35.2 Å². The molecule has 11 heteroatoms. The van der Waals surface area contributed by atoms with Crippen LogP contribution in [0.15, 0.2) is 36.4 Å². The number of anilines is 1. The van der Waals surface area contributed by atoms with Crippen LogP contribution in [0.25, 0.3) is 0 Å². The molecule has 4 fully saturated rings. The van der Waals surface area contributed by atoms with Gasteiger partial charge in [-0.1, -0.05) is 31.0 Å². The Morgan fingerprint density at radius 3 is 2.65 bits per heavy atom. The Balaban J connectivity index is 1.11. The number of carbonyl (C=O) groups is 1. The van der Waals surface area contributed by atoms with Crippen molar-refractivity contribution in [3.05, 3.63) is 58.1 Å². The van der Waals surface area contributed by atoms with E-state index in [0.717, 1.165) is 87.6 Å². The molecule has 2 unspecified atom stereocenters. The standard InChI is InChI=1S/C37H46ClN3O6S/c1-21-5-3-12-37(35-46-31-16-39-17-32(31)47-35)28-14-25(33(28)37)18-41-19-36(11-4-6-23-13-26(38)8-9-27(23)36)20-45-30-10-7-24(15-29(30)41)34(42)40-48(43,44)22(21)2/h7-10,13,15,21-22,25,28,31-33,35,39H,3-6,11-12,14,16-20H2,1-2H3,(H,40,42)/t21-,22+,25-,28?,31-,32+,33-,35-,36-,37?/m0/s1. The van der Waals surface area contributed by atoms with E-state index < -0.39 is 21.2 Å².